The lowest BCUT2D eigenvalue weighted by Gasteiger charge is -2.30. The van der Waals surface area contributed by atoms with E-state index in [-0.39, 0.29) is 0 Å². The molecule has 0 saturated carbocycles. The second-order valence-corrected chi connectivity index (χ2v) is 6.83. The minimum absolute atomic E-state index is 0.357. The Kier molecular flexibility index (Phi) is 8.13. The van der Waals surface area contributed by atoms with Crippen molar-refractivity contribution in [3.05, 3.63) is 71.3 Å². The number of hydrogen-bond acceptors (Lipinski definition) is 3. The third-order valence-corrected chi connectivity index (χ3v) is 4.55. The topological polar surface area (TPSA) is 32.7 Å². The fourth-order valence-corrected chi connectivity index (χ4v) is 2.91. The molecular weight excluding hydrogens is 310 g/mol. The Labute approximate surface area is 152 Å². The van der Waals surface area contributed by atoms with Crippen molar-refractivity contribution in [3.63, 3.8) is 0 Å². The molecule has 0 aliphatic rings. The minimum Gasteiger partial charge on any atom is -0.389 e. The van der Waals surface area contributed by atoms with Gasteiger partial charge in [0.15, 0.2) is 0 Å². The van der Waals surface area contributed by atoms with Crippen LogP contribution < -0.4 is 0 Å². The van der Waals surface area contributed by atoms with Gasteiger partial charge >= 0.3 is 0 Å². The van der Waals surface area contributed by atoms with E-state index in [2.05, 4.69) is 49.9 Å². The molecule has 0 aliphatic heterocycles. The highest BCUT2D eigenvalue weighted by Gasteiger charge is 2.17. The van der Waals surface area contributed by atoms with Gasteiger partial charge in [-0.25, -0.2) is 0 Å². The Morgan fingerprint density at radius 1 is 1.04 bits per heavy atom. The van der Waals surface area contributed by atoms with E-state index in [1.807, 2.05) is 30.3 Å². The molecule has 2 atom stereocenters. The van der Waals surface area contributed by atoms with Gasteiger partial charge in [-0.1, -0.05) is 67.1 Å². The predicted octanol–water partition coefficient (Wildman–Crippen LogP) is 4.17. The minimum atomic E-state index is -0.484. The van der Waals surface area contributed by atoms with Crippen molar-refractivity contribution in [1.82, 2.24) is 4.90 Å². The second kappa shape index (κ2) is 10.3. The van der Waals surface area contributed by atoms with Gasteiger partial charge in [0.25, 0.3) is 0 Å². The molecule has 3 heteroatoms. The summed E-state index contributed by atoms with van der Waals surface area (Å²) in [5, 5.41) is 10.4. The van der Waals surface area contributed by atoms with Gasteiger partial charge < -0.3 is 9.84 Å². The van der Waals surface area contributed by atoms with Gasteiger partial charge in [-0.3, -0.25) is 4.90 Å². The number of aliphatic hydroxyl groups excluding tert-OH is 1. The van der Waals surface area contributed by atoms with Crippen molar-refractivity contribution in [2.24, 2.45) is 0 Å². The largest absolute Gasteiger partial charge is 0.389 e. The number of aryl methyl sites for hydroxylation is 1. The standard InChI is InChI=1S/C22H31NO2/c1-4-19(3)23(14-21-12-8-9-18(2)13-21)15-22(24)17-25-16-20-10-6-5-7-11-20/h5-13,19,22,24H,4,14-17H2,1-3H3. The maximum atomic E-state index is 10.4. The Morgan fingerprint density at radius 2 is 1.76 bits per heavy atom. The molecule has 0 aliphatic carbocycles. The first-order chi connectivity index (χ1) is 12.1. The summed E-state index contributed by atoms with van der Waals surface area (Å²) in [6.45, 7) is 8.89. The third kappa shape index (κ3) is 6.99. The second-order valence-electron chi connectivity index (χ2n) is 6.83. The highest BCUT2D eigenvalue weighted by molar-refractivity contribution is 5.22. The van der Waals surface area contributed by atoms with E-state index in [0.717, 1.165) is 18.5 Å². The fraction of sp³-hybridized carbons (Fsp3) is 0.455. The van der Waals surface area contributed by atoms with Crippen molar-refractivity contribution in [1.29, 1.82) is 0 Å². The molecule has 2 aromatic carbocycles. The van der Waals surface area contributed by atoms with Crippen LogP contribution in [0.3, 0.4) is 0 Å². The lowest BCUT2D eigenvalue weighted by molar-refractivity contribution is 0.00145. The van der Waals surface area contributed by atoms with Crippen LogP contribution in [-0.4, -0.2) is 35.3 Å². The fourth-order valence-electron chi connectivity index (χ4n) is 2.91. The monoisotopic (exact) mass is 341 g/mol. The molecule has 136 valence electrons. The molecular formula is C22H31NO2. The first kappa shape index (κ1) is 19.6. The predicted molar refractivity (Wildman–Crippen MR) is 103 cm³/mol. The van der Waals surface area contributed by atoms with Crippen LogP contribution in [0.1, 0.15) is 37.0 Å². The Balaban J connectivity index is 1.85. The number of hydrogen-bond donors (Lipinski definition) is 1. The maximum Gasteiger partial charge on any atom is 0.0900 e. The molecule has 25 heavy (non-hydrogen) atoms. The van der Waals surface area contributed by atoms with Gasteiger partial charge in [0.1, 0.15) is 0 Å². The Morgan fingerprint density at radius 3 is 2.44 bits per heavy atom. The van der Waals surface area contributed by atoms with E-state index in [1.54, 1.807) is 0 Å². The van der Waals surface area contributed by atoms with E-state index < -0.39 is 6.10 Å². The van der Waals surface area contributed by atoms with E-state index in [9.17, 15) is 5.11 Å². The van der Waals surface area contributed by atoms with Crippen LogP contribution in [-0.2, 0) is 17.9 Å². The lowest BCUT2D eigenvalue weighted by Crippen LogP contribution is -2.39. The van der Waals surface area contributed by atoms with Crippen molar-refractivity contribution < 1.29 is 9.84 Å². The van der Waals surface area contributed by atoms with Crippen LogP contribution in [0.25, 0.3) is 0 Å². The Bertz CT molecular complexity index is 614. The molecule has 3 nitrogen and oxygen atoms in total. The van der Waals surface area contributed by atoms with Gasteiger partial charge in [0.05, 0.1) is 19.3 Å². The number of nitrogens with zero attached hydrogens (tertiary/aromatic N) is 1. The van der Waals surface area contributed by atoms with Crippen molar-refractivity contribution in [2.45, 2.75) is 52.5 Å². The van der Waals surface area contributed by atoms with Gasteiger partial charge in [-0.15, -0.1) is 0 Å². The highest BCUT2D eigenvalue weighted by Crippen LogP contribution is 2.13. The first-order valence-electron chi connectivity index (χ1n) is 9.17. The van der Waals surface area contributed by atoms with Crippen molar-refractivity contribution in [3.8, 4) is 0 Å². The van der Waals surface area contributed by atoms with Crippen molar-refractivity contribution >= 4 is 0 Å². The maximum absolute atomic E-state index is 10.4. The molecule has 1 N–H and O–H groups in total. The molecule has 0 spiro atoms. The van der Waals surface area contributed by atoms with Crippen LogP contribution in [0.4, 0.5) is 0 Å². The summed E-state index contributed by atoms with van der Waals surface area (Å²) in [5.74, 6) is 0. The third-order valence-electron chi connectivity index (χ3n) is 4.55. The van der Waals surface area contributed by atoms with E-state index in [0.29, 0.717) is 25.8 Å². The molecule has 2 unspecified atom stereocenters. The van der Waals surface area contributed by atoms with Crippen molar-refractivity contribution in [2.75, 3.05) is 13.2 Å². The molecule has 2 rings (SSSR count). The molecule has 2 aromatic rings. The van der Waals surface area contributed by atoms with Gasteiger partial charge in [-0.2, -0.15) is 0 Å². The summed E-state index contributed by atoms with van der Waals surface area (Å²) in [6, 6.07) is 19.1. The first-order valence-corrected chi connectivity index (χ1v) is 9.17. The normalized spacial score (nSPS) is 13.8. The summed E-state index contributed by atoms with van der Waals surface area (Å²) in [5.41, 5.74) is 3.69. The zero-order valence-electron chi connectivity index (χ0n) is 15.7. The lowest BCUT2D eigenvalue weighted by atomic mass is 10.1. The SMILES string of the molecule is CCC(C)N(Cc1cccc(C)c1)CC(O)COCc1ccccc1. The van der Waals surface area contributed by atoms with E-state index in [4.69, 9.17) is 4.74 Å². The summed E-state index contributed by atoms with van der Waals surface area (Å²) in [7, 11) is 0. The van der Waals surface area contributed by atoms with E-state index in [1.165, 1.54) is 11.1 Å². The zero-order valence-corrected chi connectivity index (χ0v) is 15.7. The molecule has 0 aromatic heterocycles. The summed E-state index contributed by atoms with van der Waals surface area (Å²) in [6.07, 6.45) is 0.575. The highest BCUT2D eigenvalue weighted by atomic mass is 16.5. The Hall–Kier alpha value is -1.68. The zero-order chi connectivity index (χ0) is 18.1. The van der Waals surface area contributed by atoms with Crippen LogP contribution in [0.15, 0.2) is 54.6 Å². The molecule has 0 heterocycles. The quantitative estimate of drug-likeness (QED) is 0.704. The average Bonchev–Trinajstić information content (AvgIpc) is 2.61. The van der Waals surface area contributed by atoms with Crippen LogP contribution >= 0.6 is 0 Å². The molecule has 0 radical (unpaired) electrons. The number of rotatable bonds is 10. The molecule has 0 amide bonds. The van der Waals surface area contributed by atoms with Gasteiger partial charge in [-0.05, 0) is 31.4 Å². The summed E-state index contributed by atoms with van der Waals surface area (Å²) >= 11 is 0. The molecule has 0 bridgehead atoms. The number of aliphatic hydroxyl groups is 1. The van der Waals surface area contributed by atoms with E-state index >= 15 is 0 Å². The van der Waals surface area contributed by atoms with Crippen LogP contribution in [0.5, 0.6) is 0 Å². The smallest absolute Gasteiger partial charge is 0.0900 e. The van der Waals surface area contributed by atoms with Gasteiger partial charge in [0, 0.05) is 19.1 Å². The average molecular weight is 341 g/mol. The van der Waals surface area contributed by atoms with Gasteiger partial charge in [0.2, 0.25) is 0 Å². The number of benzene rings is 2. The van der Waals surface area contributed by atoms with Crippen LogP contribution in [0, 0.1) is 6.92 Å². The summed E-state index contributed by atoms with van der Waals surface area (Å²) in [4.78, 5) is 2.34. The summed E-state index contributed by atoms with van der Waals surface area (Å²) < 4.78 is 5.69. The molecule has 0 saturated heterocycles. The molecule has 0 fully saturated rings. The van der Waals surface area contributed by atoms with Crippen LogP contribution in [0.2, 0.25) is 0 Å². The number of ether oxygens (including phenoxy) is 1.